The fourth-order valence-electron chi connectivity index (χ4n) is 1.41. The van der Waals surface area contributed by atoms with Crippen LogP contribution in [0.3, 0.4) is 0 Å². The van der Waals surface area contributed by atoms with Gasteiger partial charge in [-0.2, -0.15) is 0 Å². The number of ether oxygens (including phenoxy) is 1. The van der Waals surface area contributed by atoms with Gasteiger partial charge in [0.25, 0.3) is 5.69 Å². The molecule has 0 aromatic heterocycles. The molecule has 0 atom stereocenters. The molecule has 0 unspecified atom stereocenters. The fourth-order valence-corrected chi connectivity index (χ4v) is 2.63. The number of non-ortho nitro benzene ring substituents is 1. The Balaban J connectivity index is 2.55. The van der Waals surface area contributed by atoms with Crippen LogP contribution in [0.25, 0.3) is 0 Å². The molecule has 2 N–H and O–H groups in total. The van der Waals surface area contributed by atoms with Crippen molar-refractivity contribution >= 4 is 15.5 Å². The first-order valence-corrected chi connectivity index (χ1v) is 7.48. The van der Waals surface area contributed by atoms with Crippen LogP contribution in [0.15, 0.2) is 24.3 Å². The lowest BCUT2D eigenvalue weighted by molar-refractivity contribution is -0.384. The molecule has 0 aliphatic heterocycles. The third kappa shape index (κ3) is 5.77. The summed E-state index contributed by atoms with van der Waals surface area (Å²) in [6, 6.07) is 5.46. The molecule has 0 heterocycles. The number of sulfone groups is 1. The number of nitrogens with two attached hydrogens (primary N) is 1. The van der Waals surface area contributed by atoms with E-state index in [9.17, 15) is 18.5 Å². The van der Waals surface area contributed by atoms with E-state index in [0.717, 1.165) is 0 Å². The lowest BCUT2D eigenvalue weighted by Crippen LogP contribution is -2.17. The van der Waals surface area contributed by atoms with E-state index in [1.54, 1.807) is 0 Å². The van der Waals surface area contributed by atoms with E-state index in [2.05, 4.69) is 0 Å². The molecule has 1 aromatic carbocycles. The van der Waals surface area contributed by atoms with Gasteiger partial charge in [-0.3, -0.25) is 10.1 Å². The number of nitrogens with zero attached hydrogens (tertiary/aromatic N) is 1. The number of benzene rings is 1. The molecule has 0 aliphatic carbocycles. The second-order valence-corrected chi connectivity index (χ2v) is 6.10. The normalized spacial score (nSPS) is 11.4. The van der Waals surface area contributed by atoms with Crippen LogP contribution in [0.4, 0.5) is 5.69 Å². The maximum absolute atomic E-state index is 11.7. The van der Waals surface area contributed by atoms with Crippen molar-refractivity contribution < 1.29 is 18.1 Å². The molecular formula is C11H16N2O5S. The van der Waals surface area contributed by atoms with Gasteiger partial charge in [0, 0.05) is 18.7 Å². The average molecular weight is 288 g/mol. The highest BCUT2D eigenvalue weighted by molar-refractivity contribution is 7.90. The number of nitro benzene ring substituents is 1. The second-order valence-electron chi connectivity index (χ2n) is 3.92. The van der Waals surface area contributed by atoms with Crippen LogP contribution in [0.2, 0.25) is 0 Å². The van der Waals surface area contributed by atoms with E-state index in [4.69, 9.17) is 10.5 Å². The van der Waals surface area contributed by atoms with Gasteiger partial charge in [0.05, 0.1) is 29.6 Å². The molecule has 0 fully saturated rings. The maximum atomic E-state index is 11.7. The quantitative estimate of drug-likeness (QED) is 0.423. The summed E-state index contributed by atoms with van der Waals surface area (Å²) in [5, 5.41) is 10.5. The predicted octanol–water partition coefficient (Wildman–Crippen LogP) is 0.485. The number of hydrogen-bond acceptors (Lipinski definition) is 6. The minimum atomic E-state index is -3.28. The minimum absolute atomic E-state index is 0.0626. The van der Waals surface area contributed by atoms with Crippen molar-refractivity contribution in [3.05, 3.63) is 39.9 Å². The molecule has 19 heavy (non-hydrogen) atoms. The Kier molecular flexibility index (Phi) is 5.87. The zero-order valence-electron chi connectivity index (χ0n) is 10.3. The Morgan fingerprint density at radius 3 is 2.37 bits per heavy atom. The minimum Gasteiger partial charge on any atom is -0.379 e. The third-order valence-electron chi connectivity index (χ3n) is 2.33. The Morgan fingerprint density at radius 2 is 1.84 bits per heavy atom. The van der Waals surface area contributed by atoms with Gasteiger partial charge in [-0.05, 0) is 5.56 Å². The van der Waals surface area contributed by atoms with Gasteiger partial charge < -0.3 is 10.5 Å². The smallest absolute Gasteiger partial charge is 0.269 e. The topological polar surface area (TPSA) is 113 Å². The highest BCUT2D eigenvalue weighted by Crippen LogP contribution is 2.14. The molecule has 1 rings (SSSR count). The number of hydrogen-bond donors (Lipinski definition) is 1. The summed E-state index contributed by atoms with van der Waals surface area (Å²) in [6.45, 7) is 0.780. The van der Waals surface area contributed by atoms with Gasteiger partial charge >= 0.3 is 0 Å². The Bertz CT molecular complexity index is 512. The maximum Gasteiger partial charge on any atom is 0.269 e. The highest BCUT2D eigenvalue weighted by atomic mass is 32.2. The van der Waals surface area contributed by atoms with E-state index in [-0.39, 0.29) is 23.8 Å². The van der Waals surface area contributed by atoms with E-state index in [1.165, 1.54) is 24.3 Å². The van der Waals surface area contributed by atoms with Crippen molar-refractivity contribution in [2.75, 3.05) is 25.5 Å². The lowest BCUT2D eigenvalue weighted by Gasteiger charge is -2.05. The standard InChI is InChI=1S/C11H16N2O5S/c12-5-6-18-7-8-19(16,17)9-10-1-3-11(4-2-10)13(14)15/h1-4H,5-9,12H2. The van der Waals surface area contributed by atoms with Crippen LogP contribution in [-0.2, 0) is 20.3 Å². The Hall–Kier alpha value is -1.51. The molecule has 0 saturated carbocycles. The number of nitro groups is 1. The van der Waals surface area contributed by atoms with E-state index in [1.807, 2.05) is 0 Å². The van der Waals surface area contributed by atoms with Crippen LogP contribution < -0.4 is 5.73 Å². The molecule has 0 saturated heterocycles. The van der Waals surface area contributed by atoms with Crippen LogP contribution in [0.5, 0.6) is 0 Å². The molecule has 0 amide bonds. The molecule has 0 radical (unpaired) electrons. The Labute approximate surface area is 111 Å². The van der Waals surface area contributed by atoms with E-state index in [0.29, 0.717) is 18.7 Å². The second kappa shape index (κ2) is 7.17. The highest BCUT2D eigenvalue weighted by Gasteiger charge is 2.13. The van der Waals surface area contributed by atoms with Crippen LogP contribution in [-0.4, -0.2) is 38.9 Å². The predicted molar refractivity (Wildman–Crippen MR) is 70.5 cm³/mol. The van der Waals surface area contributed by atoms with Gasteiger partial charge in [-0.1, -0.05) is 12.1 Å². The van der Waals surface area contributed by atoms with Gasteiger partial charge in [0.1, 0.15) is 0 Å². The largest absolute Gasteiger partial charge is 0.379 e. The first-order valence-electron chi connectivity index (χ1n) is 5.66. The summed E-state index contributed by atoms with van der Waals surface area (Å²) in [5.74, 6) is -0.249. The molecule has 0 aliphatic rings. The van der Waals surface area contributed by atoms with Crippen molar-refractivity contribution in [3.8, 4) is 0 Å². The van der Waals surface area contributed by atoms with Crippen LogP contribution in [0.1, 0.15) is 5.56 Å². The molecule has 106 valence electrons. The molecule has 7 nitrogen and oxygen atoms in total. The average Bonchev–Trinajstić information content (AvgIpc) is 2.35. The SMILES string of the molecule is NCCOCCS(=O)(=O)Cc1ccc([N+](=O)[O-])cc1. The monoisotopic (exact) mass is 288 g/mol. The van der Waals surface area contributed by atoms with Gasteiger partial charge in [-0.15, -0.1) is 0 Å². The van der Waals surface area contributed by atoms with Crippen molar-refractivity contribution in [1.29, 1.82) is 0 Å². The van der Waals surface area contributed by atoms with E-state index < -0.39 is 14.8 Å². The lowest BCUT2D eigenvalue weighted by atomic mass is 10.2. The molecule has 8 heteroatoms. The summed E-state index contributed by atoms with van der Waals surface area (Å²) in [4.78, 5) is 9.93. The molecule has 0 bridgehead atoms. The molecular weight excluding hydrogens is 272 g/mol. The van der Waals surface area contributed by atoms with Gasteiger partial charge in [-0.25, -0.2) is 8.42 Å². The zero-order chi connectivity index (χ0) is 14.3. The number of rotatable bonds is 8. The van der Waals surface area contributed by atoms with E-state index >= 15 is 0 Å². The first-order chi connectivity index (χ1) is 8.94. The summed E-state index contributed by atoms with van der Waals surface area (Å²) < 4.78 is 28.5. The fraction of sp³-hybridized carbons (Fsp3) is 0.455. The summed E-state index contributed by atoms with van der Waals surface area (Å²) in [5.41, 5.74) is 5.67. The van der Waals surface area contributed by atoms with Crippen molar-refractivity contribution in [3.63, 3.8) is 0 Å². The third-order valence-corrected chi connectivity index (χ3v) is 3.90. The van der Waals surface area contributed by atoms with Crippen LogP contribution in [0, 0.1) is 10.1 Å². The van der Waals surface area contributed by atoms with Crippen LogP contribution >= 0.6 is 0 Å². The molecule has 0 spiro atoms. The van der Waals surface area contributed by atoms with Crippen molar-refractivity contribution in [2.45, 2.75) is 5.75 Å². The molecule has 1 aromatic rings. The van der Waals surface area contributed by atoms with Crippen molar-refractivity contribution in [2.24, 2.45) is 5.73 Å². The van der Waals surface area contributed by atoms with Gasteiger partial charge in [0.2, 0.25) is 0 Å². The van der Waals surface area contributed by atoms with Crippen molar-refractivity contribution in [1.82, 2.24) is 0 Å². The zero-order valence-corrected chi connectivity index (χ0v) is 11.1. The summed E-state index contributed by atoms with van der Waals surface area (Å²) in [7, 11) is -3.28. The summed E-state index contributed by atoms with van der Waals surface area (Å²) in [6.07, 6.45) is 0. The van der Waals surface area contributed by atoms with Gasteiger partial charge in [0.15, 0.2) is 9.84 Å². The Morgan fingerprint density at radius 1 is 1.21 bits per heavy atom. The first kappa shape index (κ1) is 15.5. The summed E-state index contributed by atoms with van der Waals surface area (Å²) >= 11 is 0.